The van der Waals surface area contributed by atoms with E-state index >= 15 is 0 Å². The number of hydrogen-bond acceptors (Lipinski definition) is 5. The summed E-state index contributed by atoms with van der Waals surface area (Å²) in [5.41, 5.74) is 1.96. The molecule has 2 aliphatic heterocycles. The monoisotopic (exact) mass is 400 g/mol. The van der Waals surface area contributed by atoms with Crippen molar-refractivity contribution in [2.24, 2.45) is 0 Å². The molecule has 1 aromatic carbocycles. The highest BCUT2D eigenvalue weighted by Gasteiger charge is 2.37. The van der Waals surface area contributed by atoms with Crippen LogP contribution < -0.4 is 0 Å². The highest BCUT2D eigenvalue weighted by atomic mass is 16.6. The molecule has 29 heavy (non-hydrogen) atoms. The molecule has 1 aromatic rings. The van der Waals surface area contributed by atoms with Crippen LogP contribution >= 0.6 is 0 Å². The number of ether oxygens (including phenoxy) is 2. The lowest BCUT2D eigenvalue weighted by molar-refractivity contribution is 0.102. The van der Waals surface area contributed by atoms with E-state index in [0.29, 0.717) is 13.0 Å². The Hall–Kier alpha value is -2.80. The summed E-state index contributed by atoms with van der Waals surface area (Å²) in [5, 5.41) is 10.1. The van der Waals surface area contributed by atoms with Crippen LogP contribution in [0.5, 0.6) is 0 Å². The van der Waals surface area contributed by atoms with E-state index in [1.165, 1.54) is 6.08 Å². The number of likely N-dealkylation sites (tertiary alicyclic amines) is 2. The van der Waals surface area contributed by atoms with Crippen LogP contribution in [-0.2, 0) is 9.47 Å². The van der Waals surface area contributed by atoms with Gasteiger partial charge >= 0.3 is 12.2 Å². The Bertz CT molecular complexity index is 748. The van der Waals surface area contributed by atoms with Crippen molar-refractivity contribution in [2.75, 3.05) is 26.3 Å². The van der Waals surface area contributed by atoms with Gasteiger partial charge in [0.05, 0.1) is 24.7 Å². The van der Waals surface area contributed by atoms with Gasteiger partial charge in [-0.15, -0.1) is 0 Å². The van der Waals surface area contributed by atoms with E-state index in [4.69, 9.17) is 9.47 Å². The molecule has 3 rings (SSSR count). The molecule has 156 valence electrons. The van der Waals surface area contributed by atoms with Gasteiger partial charge in [0.15, 0.2) is 0 Å². The first-order valence-corrected chi connectivity index (χ1v) is 9.91. The van der Waals surface area contributed by atoms with Gasteiger partial charge < -0.3 is 19.5 Å². The van der Waals surface area contributed by atoms with Gasteiger partial charge in [-0.2, -0.15) is 0 Å². The smallest absolute Gasteiger partial charge is 0.410 e. The molecule has 1 N–H and O–H groups in total. The van der Waals surface area contributed by atoms with Crippen LogP contribution in [0, 0.1) is 0 Å². The van der Waals surface area contributed by atoms with Crippen molar-refractivity contribution < 1.29 is 24.2 Å². The normalized spacial score (nSPS) is 23.7. The minimum absolute atomic E-state index is 0.0239. The van der Waals surface area contributed by atoms with E-state index in [2.05, 4.69) is 13.2 Å². The van der Waals surface area contributed by atoms with Gasteiger partial charge in [-0.3, -0.25) is 4.90 Å². The van der Waals surface area contributed by atoms with Crippen molar-refractivity contribution in [3.05, 3.63) is 60.7 Å². The van der Waals surface area contributed by atoms with Crippen molar-refractivity contribution in [1.29, 1.82) is 0 Å². The van der Waals surface area contributed by atoms with Crippen LogP contribution in [0.4, 0.5) is 9.59 Å². The van der Waals surface area contributed by atoms with Crippen LogP contribution in [0.25, 0.3) is 0 Å². The van der Waals surface area contributed by atoms with Crippen LogP contribution in [0.3, 0.4) is 0 Å². The van der Waals surface area contributed by atoms with E-state index in [1.807, 2.05) is 24.3 Å². The number of carbonyl (C=O) groups excluding carboxylic acids is 2. The van der Waals surface area contributed by atoms with Crippen molar-refractivity contribution in [2.45, 2.75) is 37.5 Å². The lowest BCUT2D eigenvalue weighted by Crippen LogP contribution is -2.32. The predicted molar refractivity (Wildman–Crippen MR) is 108 cm³/mol. The molecule has 0 unspecified atom stereocenters. The third kappa shape index (κ3) is 4.79. The number of nitrogens with zero attached hydrogens (tertiary/aromatic N) is 2. The number of hydrogen-bond donors (Lipinski definition) is 1. The van der Waals surface area contributed by atoms with E-state index < -0.39 is 12.2 Å². The number of aliphatic hydroxyl groups excluding tert-OH is 1. The molecule has 2 heterocycles. The summed E-state index contributed by atoms with van der Waals surface area (Å²) in [6.45, 7) is 8.36. The lowest BCUT2D eigenvalue weighted by atomic mass is 9.98. The second-order valence-corrected chi connectivity index (χ2v) is 7.31. The van der Waals surface area contributed by atoms with Gasteiger partial charge in [0.2, 0.25) is 0 Å². The van der Waals surface area contributed by atoms with E-state index in [-0.39, 0.29) is 37.9 Å². The van der Waals surface area contributed by atoms with E-state index in [1.54, 1.807) is 15.9 Å². The number of rotatable bonds is 6. The second kappa shape index (κ2) is 9.60. The van der Waals surface area contributed by atoms with Crippen molar-refractivity contribution in [3.63, 3.8) is 0 Å². The lowest BCUT2D eigenvalue weighted by Gasteiger charge is -2.26. The van der Waals surface area contributed by atoms with Gasteiger partial charge in [-0.25, -0.2) is 9.59 Å². The average Bonchev–Trinajstić information content (AvgIpc) is 3.37. The van der Waals surface area contributed by atoms with Gasteiger partial charge in [0, 0.05) is 6.54 Å². The Morgan fingerprint density at radius 3 is 2.14 bits per heavy atom. The van der Waals surface area contributed by atoms with Gasteiger partial charge in [-0.05, 0) is 30.4 Å². The van der Waals surface area contributed by atoms with Crippen LogP contribution in [0.15, 0.2) is 49.6 Å². The third-order valence-electron chi connectivity index (χ3n) is 5.36. The summed E-state index contributed by atoms with van der Waals surface area (Å²) in [7, 11) is 0. The maximum Gasteiger partial charge on any atom is 0.410 e. The van der Waals surface area contributed by atoms with Crippen molar-refractivity contribution >= 4 is 12.2 Å². The quantitative estimate of drug-likeness (QED) is 0.739. The highest BCUT2D eigenvalue weighted by molar-refractivity contribution is 5.69. The zero-order valence-corrected chi connectivity index (χ0v) is 16.5. The molecular formula is C22H28N2O5. The van der Waals surface area contributed by atoms with E-state index in [0.717, 1.165) is 24.0 Å². The highest BCUT2D eigenvalue weighted by Crippen LogP contribution is 2.36. The Kier molecular flexibility index (Phi) is 6.93. The largest absolute Gasteiger partial charge is 0.445 e. The average molecular weight is 400 g/mol. The van der Waals surface area contributed by atoms with E-state index in [9.17, 15) is 14.7 Å². The molecule has 0 radical (unpaired) electrons. The Labute approximate surface area is 171 Å². The first kappa shape index (κ1) is 20.9. The maximum atomic E-state index is 12.3. The molecule has 0 saturated carbocycles. The first-order chi connectivity index (χ1) is 14.0. The molecule has 7 nitrogen and oxygen atoms in total. The summed E-state index contributed by atoms with van der Waals surface area (Å²) in [5.74, 6) is 0. The van der Waals surface area contributed by atoms with Gasteiger partial charge in [-0.1, -0.05) is 49.6 Å². The fraction of sp³-hybridized carbons (Fsp3) is 0.455. The number of carbonyl (C=O) groups is 2. The topological polar surface area (TPSA) is 79.3 Å². The zero-order valence-electron chi connectivity index (χ0n) is 16.5. The second-order valence-electron chi connectivity index (χ2n) is 7.31. The molecular weight excluding hydrogens is 372 g/mol. The zero-order chi connectivity index (χ0) is 20.8. The molecule has 0 aromatic heterocycles. The molecule has 2 amide bonds. The van der Waals surface area contributed by atoms with Crippen LogP contribution in [0.2, 0.25) is 0 Å². The Morgan fingerprint density at radius 1 is 1.00 bits per heavy atom. The summed E-state index contributed by atoms with van der Waals surface area (Å²) in [6, 6.07) is 7.61. The number of β-amino-alcohol motifs (C(OH)–C–C–N with tert-alkyl or cyclic N) is 1. The molecule has 2 fully saturated rings. The maximum absolute atomic E-state index is 12.3. The fourth-order valence-corrected chi connectivity index (χ4v) is 4.03. The minimum atomic E-state index is -0.582. The Morgan fingerprint density at radius 2 is 1.55 bits per heavy atom. The molecule has 0 aliphatic carbocycles. The molecule has 2 aliphatic rings. The van der Waals surface area contributed by atoms with Crippen LogP contribution in [0.1, 0.15) is 42.5 Å². The third-order valence-corrected chi connectivity index (χ3v) is 5.36. The molecule has 7 heteroatoms. The summed E-state index contributed by atoms with van der Waals surface area (Å²) < 4.78 is 10.3. The predicted octanol–water partition coefficient (Wildman–Crippen LogP) is 3.58. The van der Waals surface area contributed by atoms with Crippen molar-refractivity contribution in [1.82, 2.24) is 9.80 Å². The SMILES string of the molecule is C=CCOC(=O)N1C[C@H](O)C[C@@H]1c1ccc([C@@H]2CCCN2C(=O)OCC=C)cc1. The number of amides is 2. The first-order valence-electron chi connectivity index (χ1n) is 9.91. The fourth-order valence-electron chi connectivity index (χ4n) is 4.03. The molecule has 2 saturated heterocycles. The van der Waals surface area contributed by atoms with Gasteiger partial charge in [0.1, 0.15) is 13.2 Å². The van der Waals surface area contributed by atoms with Crippen LogP contribution in [-0.4, -0.2) is 59.5 Å². The summed E-state index contributed by atoms with van der Waals surface area (Å²) in [6.07, 6.45) is 3.97. The van der Waals surface area contributed by atoms with Crippen molar-refractivity contribution in [3.8, 4) is 0 Å². The summed E-state index contributed by atoms with van der Waals surface area (Å²) >= 11 is 0. The number of benzene rings is 1. The molecule has 0 spiro atoms. The standard InChI is InChI=1S/C22H28N2O5/c1-3-12-28-21(26)23-11-5-6-19(23)16-7-9-17(10-8-16)20-14-18(25)15-24(20)22(27)29-13-4-2/h3-4,7-10,18-20,25H,1-2,5-6,11-15H2/t18-,19+,20-/m1/s1. The number of aliphatic hydroxyl groups is 1. The molecule has 0 bridgehead atoms. The minimum Gasteiger partial charge on any atom is -0.445 e. The Balaban J connectivity index is 1.71. The summed E-state index contributed by atoms with van der Waals surface area (Å²) in [4.78, 5) is 27.9. The molecule has 3 atom stereocenters. The van der Waals surface area contributed by atoms with Gasteiger partial charge in [0.25, 0.3) is 0 Å².